The van der Waals surface area contributed by atoms with Crippen LogP contribution in [0.1, 0.15) is 53.1 Å². The summed E-state index contributed by atoms with van der Waals surface area (Å²) in [6.07, 6.45) is 1.59. The zero-order valence-corrected chi connectivity index (χ0v) is 33.4. The minimum atomic E-state index is -0.0928. The largest absolute Gasteiger partial charge is 0.489 e. The quantitative estimate of drug-likeness (QED) is 0.110. The standard InChI is InChI=1S/C43H43Cl2N3O4.BrH/c1-29(2)34-13-15-36(16-14-34)50-27-33-11-9-32(10-12-33)26-47-19-21-48(22-20-47)43(49)31(4)38-24-40(45)41(23-30(38)3)52-42-18-17-37(25-46-42)51-28-35-7-5-6-8-39(35)44;/h5-18,23-25,29H,4,19-22,26-28H2,1-3H3;1H. The lowest BCUT2D eigenvalue weighted by atomic mass is 10.00. The summed E-state index contributed by atoms with van der Waals surface area (Å²) in [5.74, 6) is 2.67. The van der Waals surface area contributed by atoms with Gasteiger partial charge in [0, 0.05) is 54.9 Å². The maximum absolute atomic E-state index is 13.5. The van der Waals surface area contributed by atoms with Crippen molar-refractivity contribution in [3.63, 3.8) is 0 Å². The Labute approximate surface area is 332 Å². The molecule has 1 aliphatic rings. The summed E-state index contributed by atoms with van der Waals surface area (Å²) in [4.78, 5) is 22.1. The Bertz CT molecular complexity index is 2000. The SMILES string of the molecule is Br.C=C(C(=O)N1CCN(Cc2ccc(COc3ccc(C(C)C)cc3)cc2)CC1)c1cc(Cl)c(Oc2ccc(OCc3ccccc3Cl)cn2)cc1C. The third-order valence-electron chi connectivity index (χ3n) is 9.18. The molecule has 0 aliphatic carbocycles. The summed E-state index contributed by atoms with van der Waals surface area (Å²) in [7, 11) is 0. The smallest absolute Gasteiger partial charge is 0.253 e. The zero-order chi connectivity index (χ0) is 36.6. The second kappa shape index (κ2) is 18.6. The van der Waals surface area contributed by atoms with Crippen LogP contribution < -0.4 is 14.2 Å². The Balaban J connectivity index is 0.00000541. The predicted molar refractivity (Wildman–Crippen MR) is 219 cm³/mol. The highest BCUT2D eigenvalue weighted by atomic mass is 79.9. The lowest BCUT2D eigenvalue weighted by molar-refractivity contribution is -0.126. The summed E-state index contributed by atoms with van der Waals surface area (Å²) in [5, 5.41) is 1.01. The van der Waals surface area contributed by atoms with E-state index in [2.05, 4.69) is 66.7 Å². The normalized spacial score (nSPS) is 13.0. The summed E-state index contributed by atoms with van der Waals surface area (Å²) in [6.45, 7) is 14.9. The summed E-state index contributed by atoms with van der Waals surface area (Å²) in [5.41, 5.74) is 6.48. The van der Waals surface area contributed by atoms with Crippen LogP contribution in [0.3, 0.4) is 0 Å². The van der Waals surface area contributed by atoms with E-state index in [4.69, 9.17) is 37.4 Å². The first-order chi connectivity index (χ1) is 25.1. The zero-order valence-electron chi connectivity index (χ0n) is 30.2. The lowest BCUT2D eigenvalue weighted by Gasteiger charge is -2.35. The van der Waals surface area contributed by atoms with Crippen LogP contribution in [-0.2, 0) is 24.6 Å². The Hall–Kier alpha value is -4.34. The van der Waals surface area contributed by atoms with Crippen LogP contribution in [0.25, 0.3) is 5.57 Å². The molecule has 276 valence electrons. The van der Waals surface area contributed by atoms with Gasteiger partial charge in [-0.3, -0.25) is 9.69 Å². The molecule has 7 nitrogen and oxygen atoms in total. The fourth-order valence-corrected chi connectivity index (χ4v) is 6.38. The van der Waals surface area contributed by atoms with Crippen LogP contribution in [0.5, 0.6) is 23.1 Å². The third kappa shape index (κ3) is 10.6. The molecule has 10 heteroatoms. The Kier molecular flexibility index (Phi) is 14.0. The number of carbonyl (C=O) groups excluding carboxylic acids is 1. The van der Waals surface area contributed by atoms with E-state index in [1.807, 2.05) is 48.2 Å². The fraction of sp³-hybridized carbons (Fsp3) is 0.256. The molecule has 0 N–H and O–H groups in total. The van der Waals surface area contributed by atoms with Gasteiger partial charge in [0.2, 0.25) is 5.88 Å². The molecule has 1 aliphatic heterocycles. The number of aryl methyl sites for hydroxylation is 1. The van der Waals surface area contributed by atoms with Gasteiger partial charge in [-0.1, -0.05) is 98.2 Å². The lowest BCUT2D eigenvalue weighted by Crippen LogP contribution is -2.48. The average Bonchev–Trinajstić information content (AvgIpc) is 3.16. The van der Waals surface area contributed by atoms with Gasteiger partial charge in [-0.15, -0.1) is 17.0 Å². The number of amides is 1. The molecule has 1 saturated heterocycles. The van der Waals surface area contributed by atoms with E-state index >= 15 is 0 Å². The molecule has 1 aromatic heterocycles. The van der Waals surface area contributed by atoms with E-state index in [0.29, 0.717) is 70.8 Å². The van der Waals surface area contributed by atoms with Crippen molar-refractivity contribution in [2.45, 2.75) is 46.4 Å². The molecule has 0 radical (unpaired) electrons. The average molecular weight is 818 g/mol. The van der Waals surface area contributed by atoms with Crippen molar-refractivity contribution in [2.75, 3.05) is 26.2 Å². The Morgan fingerprint density at radius 3 is 2.13 bits per heavy atom. The summed E-state index contributed by atoms with van der Waals surface area (Å²) in [6, 6.07) is 31.4. The number of carbonyl (C=O) groups is 1. The van der Waals surface area contributed by atoms with Gasteiger partial charge in [-0.05, 0) is 77.1 Å². The molecule has 1 amide bonds. The van der Waals surface area contributed by atoms with Crippen LogP contribution in [0, 0.1) is 6.92 Å². The molecular weight excluding hydrogens is 773 g/mol. The number of piperazine rings is 1. The number of hydrogen-bond acceptors (Lipinski definition) is 6. The molecule has 0 saturated carbocycles. The van der Waals surface area contributed by atoms with E-state index < -0.39 is 0 Å². The maximum atomic E-state index is 13.5. The highest BCUT2D eigenvalue weighted by Gasteiger charge is 2.25. The third-order valence-corrected chi connectivity index (χ3v) is 9.84. The number of halogens is 3. The molecule has 4 aromatic carbocycles. The number of benzene rings is 4. The van der Waals surface area contributed by atoms with E-state index in [9.17, 15) is 4.79 Å². The molecule has 53 heavy (non-hydrogen) atoms. The van der Waals surface area contributed by atoms with Crippen LogP contribution in [0.2, 0.25) is 10.0 Å². The number of hydrogen-bond donors (Lipinski definition) is 0. The van der Waals surface area contributed by atoms with Gasteiger partial charge < -0.3 is 19.1 Å². The van der Waals surface area contributed by atoms with Crippen molar-refractivity contribution in [2.24, 2.45) is 0 Å². The van der Waals surface area contributed by atoms with Crippen molar-refractivity contribution in [1.29, 1.82) is 0 Å². The van der Waals surface area contributed by atoms with E-state index in [1.165, 1.54) is 11.1 Å². The topological polar surface area (TPSA) is 64.1 Å². The predicted octanol–water partition coefficient (Wildman–Crippen LogP) is 10.7. The molecule has 6 rings (SSSR count). The summed E-state index contributed by atoms with van der Waals surface area (Å²) >= 11 is 12.9. The first kappa shape index (κ1) is 39.9. The minimum absolute atomic E-state index is 0. The van der Waals surface area contributed by atoms with Crippen LogP contribution in [-0.4, -0.2) is 46.9 Å². The number of nitrogens with zero attached hydrogens (tertiary/aromatic N) is 3. The van der Waals surface area contributed by atoms with Crippen LogP contribution in [0.15, 0.2) is 110 Å². The van der Waals surface area contributed by atoms with Gasteiger partial charge in [0.15, 0.2) is 0 Å². The first-order valence-electron chi connectivity index (χ1n) is 17.4. The Morgan fingerprint density at radius 1 is 0.811 bits per heavy atom. The number of ether oxygens (including phenoxy) is 3. The van der Waals surface area contributed by atoms with Gasteiger partial charge in [-0.25, -0.2) is 4.98 Å². The molecule has 2 heterocycles. The highest BCUT2D eigenvalue weighted by molar-refractivity contribution is 8.93. The molecule has 1 fully saturated rings. The van der Waals surface area contributed by atoms with E-state index in [1.54, 1.807) is 30.5 Å². The Morgan fingerprint density at radius 2 is 1.47 bits per heavy atom. The van der Waals surface area contributed by atoms with Crippen molar-refractivity contribution in [3.8, 4) is 23.1 Å². The van der Waals surface area contributed by atoms with Gasteiger partial charge in [0.1, 0.15) is 30.5 Å². The second-order valence-electron chi connectivity index (χ2n) is 13.3. The maximum Gasteiger partial charge on any atom is 0.253 e. The van der Waals surface area contributed by atoms with Gasteiger partial charge >= 0.3 is 0 Å². The van der Waals surface area contributed by atoms with Crippen LogP contribution >= 0.6 is 40.2 Å². The number of rotatable bonds is 13. The summed E-state index contributed by atoms with van der Waals surface area (Å²) < 4.78 is 17.8. The highest BCUT2D eigenvalue weighted by Crippen LogP contribution is 2.34. The molecule has 0 atom stereocenters. The van der Waals surface area contributed by atoms with Gasteiger partial charge in [0.25, 0.3) is 5.91 Å². The molecule has 0 spiro atoms. The first-order valence-corrected chi connectivity index (χ1v) is 18.2. The van der Waals surface area contributed by atoms with Crippen molar-refractivity contribution >= 4 is 51.7 Å². The molecule has 5 aromatic rings. The van der Waals surface area contributed by atoms with Crippen molar-refractivity contribution in [3.05, 3.63) is 153 Å². The molecule has 0 unspecified atom stereocenters. The number of aromatic nitrogens is 1. The van der Waals surface area contributed by atoms with Gasteiger partial charge in [-0.2, -0.15) is 0 Å². The number of pyridine rings is 1. The van der Waals surface area contributed by atoms with Crippen molar-refractivity contribution < 1.29 is 19.0 Å². The van der Waals surface area contributed by atoms with E-state index in [0.717, 1.165) is 42.1 Å². The van der Waals surface area contributed by atoms with Crippen LogP contribution in [0.4, 0.5) is 0 Å². The minimum Gasteiger partial charge on any atom is -0.489 e. The fourth-order valence-electron chi connectivity index (χ4n) is 5.99. The molecular formula is C43H44BrCl2N3O4. The molecule has 0 bridgehead atoms. The monoisotopic (exact) mass is 815 g/mol. The van der Waals surface area contributed by atoms with E-state index in [-0.39, 0.29) is 22.9 Å². The van der Waals surface area contributed by atoms with Crippen molar-refractivity contribution in [1.82, 2.24) is 14.8 Å². The van der Waals surface area contributed by atoms with Gasteiger partial charge in [0.05, 0.1) is 11.2 Å². The second-order valence-corrected chi connectivity index (χ2v) is 14.1.